The van der Waals surface area contributed by atoms with Crippen LogP contribution in [-0.2, 0) is 19.1 Å². The highest BCUT2D eigenvalue weighted by atomic mass is 28.1. The van der Waals surface area contributed by atoms with Gasteiger partial charge in [-0.05, 0) is 12.5 Å². The molecule has 4 unspecified atom stereocenters. The van der Waals surface area contributed by atoms with Crippen molar-refractivity contribution in [2.75, 3.05) is 0 Å². The van der Waals surface area contributed by atoms with E-state index in [1.54, 1.807) is 0 Å². The monoisotopic (exact) mass is 309 g/mol. The summed E-state index contributed by atoms with van der Waals surface area (Å²) in [7, 11) is 0.603. The van der Waals surface area contributed by atoms with Crippen LogP contribution in [0.15, 0.2) is 30.3 Å². The molecule has 4 atom stereocenters. The van der Waals surface area contributed by atoms with E-state index >= 15 is 0 Å². The highest BCUT2D eigenvalue weighted by molar-refractivity contribution is 6.12. The average Bonchev–Trinajstić information content (AvgIpc) is 2.37. The number of esters is 2. The Hall–Kier alpha value is -1.66. The zero-order chi connectivity index (χ0) is 16.0. The third-order valence-electron chi connectivity index (χ3n) is 3.27. The summed E-state index contributed by atoms with van der Waals surface area (Å²) in [5, 5.41) is 0. The Morgan fingerprint density at radius 3 is 2.05 bits per heavy atom. The van der Waals surface area contributed by atoms with E-state index in [1.807, 2.05) is 37.3 Å². The molecule has 0 aliphatic rings. The number of rotatable bonds is 6. The molecule has 0 saturated carbocycles. The van der Waals surface area contributed by atoms with Gasteiger partial charge in [-0.25, -0.2) is 0 Å². The van der Waals surface area contributed by atoms with E-state index in [0.717, 1.165) is 5.56 Å². The van der Waals surface area contributed by atoms with Gasteiger partial charge in [0.05, 0.1) is 16.0 Å². The van der Waals surface area contributed by atoms with Crippen LogP contribution in [0, 0.1) is 5.92 Å². The third kappa shape index (κ3) is 5.32. The van der Waals surface area contributed by atoms with Crippen LogP contribution in [0.5, 0.6) is 0 Å². The molecule has 1 rings (SSSR count). The Morgan fingerprint density at radius 2 is 1.62 bits per heavy atom. The third-order valence-corrected chi connectivity index (χ3v) is 4.28. The smallest absolute Gasteiger partial charge is 0.303 e. The lowest BCUT2D eigenvalue weighted by Gasteiger charge is -2.33. The van der Waals surface area contributed by atoms with Gasteiger partial charge in [0.15, 0.2) is 0 Å². The molecule has 0 saturated heterocycles. The van der Waals surface area contributed by atoms with Crippen LogP contribution in [-0.4, -0.2) is 34.0 Å². The molecular formula is C15H23NO4Si. The molecule has 0 aliphatic carbocycles. The first-order valence-corrected chi connectivity index (χ1v) is 8.13. The second kappa shape index (κ2) is 7.95. The van der Waals surface area contributed by atoms with Crippen molar-refractivity contribution < 1.29 is 19.1 Å². The largest absolute Gasteiger partial charge is 0.467 e. The summed E-state index contributed by atoms with van der Waals surface area (Å²) >= 11 is 0. The molecule has 0 amide bonds. The van der Waals surface area contributed by atoms with Gasteiger partial charge in [-0.1, -0.05) is 30.3 Å². The van der Waals surface area contributed by atoms with Crippen LogP contribution >= 0.6 is 0 Å². The molecule has 2 N–H and O–H groups in total. The zero-order valence-corrected chi connectivity index (χ0v) is 14.9. The van der Waals surface area contributed by atoms with Crippen LogP contribution in [0.2, 0.25) is 0 Å². The van der Waals surface area contributed by atoms with Crippen molar-refractivity contribution in [2.45, 2.75) is 38.6 Å². The van der Waals surface area contributed by atoms with Crippen molar-refractivity contribution in [1.29, 1.82) is 0 Å². The average molecular weight is 309 g/mol. The lowest BCUT2D eigenvalue weighted by Crippen LogP contribution is -2.43. The van der Waals surface area contributed by atoms with Crippen molar-refractivity contribution in [3.63, 3.8) is 0 Å². The molecule has 1 aromatic carbocycles. The fourth-order valence-corrected chi connectivity index (χ4v) is 3.77. The molecule has 1 aromatic rings. The van der Waals surface area contributed by atoms with Crippen molar-refractivity contribution in [3.05, 3.63) is 35.9 Å². The SMILES string of the molecule is CC(=O)OC([SiH3])C(C(C)N)C(OC(C)=O)c1ccccc1. The van der Waals surface area contributed by atoms with E-state index in [4.69, 9.17) is 15.2 Å². The van der Waals surface area contributed by atoms with Crippen LogP contribution in [0.4, 0.5) is 0 Å². The lowest BCUT2D eigenvalue weighted by atomic mass is 9.90. The van der Waals surface area contributed by atoms with Crippen LogP contribution in [0.3, 0.4) is 0 Å². The summed E-state index contributed by atoms with van der Waals surface area (Å²) < 4.78 is 10.8. The Labute approximate surface area is 128 Å². The summed E-state index contributed by atoms with van der Waals surface area (Å²) in [6, 6.07) is 9.11. The Morgan fingerprint density at radius 1 is 1.10 bits per heavy atom. The molecule has 6 heteroatoms. The number of carbonyl (C=O) groups excluding carboxylic acids is 2. The Balaban J connectivity index is 3.12. The molecule has 116 valence electrons. The maximum atomic E-state index is 11.4. The van der Waals surface area contributed by atoms with E-state index in [9.17, 15) is 9.59 Å². The summed E-state index contributed by atoms with van der Waals surface area (Å²) in [4.78, 5) is 22.7. The van der Waals surface area contributed by atoms with Gasteiger partial charge in [-0.15, -0.1) is 0 Å². The summed E-state index contributed by atoms with van der Waals surface area (Å²) in [6.07, 6.45) is -0.523. The zero-order valence-electron chi connectivity index (χ0n) is 12.9. The van der Waals surface area contributed by atoms with Gasteiger partial charge in [0.1, 0.15) is 6.10 Å². The predicted molar refractivity (Wildman–Crippen MR) is 83.6 cm³/mol. The standard InChI is InChI=1S/C15H23NO4Si/c1-9(16)13(15(21)20-11(3)18)14(19-10(2)17)12-7-5-4-6-8-12/h4-9,13-15H,16H2,1-3,21H3. The fraction of sp³-hybridized carbons (Fsp3) is 0.467. The quantitative estimate of drug-likeness (QED) is 0.612. The van der Waals surface area contributed by atoms with Crippen LogP contribution < -0.4 is 5.73 Å². The number of hydrogen-bond donors (Lipinski definition) is 1. The minimum absolute atomic E-state index is 0.271. The molecule has 5 nitrogen and oxygen atoms in total. The number of benzene rings is 1. The van der Waals surface area contributed by atoms with E-state index < -0.39 is 6.10 Å². The molecule has 0 aliphatic heterocycles. The minimum Gasteiger partial charge on any atom is -0.467 e. The highest BCUT2D eigenvalue weighted by Gasteiger charge is 2.35. The van der Waals surface area contributed by atoms with E-state index in [2.05, 4.69) is 0 Å². The van der Waals surface area contributed by atoms with Gasteiger partial charge < -0.3 is 15.2 Å². The number of ether oxygens (including phenoxy) is 2. The molecule has 0 fully saturated rings. The van der Waals surface area contributed by atoms with Gasteiger partial charge in [-0.3, -0.25) is 9.59 Å². The van der Waals surface area contributed by atoms with Crippen molar-refractivity contribution in [2.24, 2.45) is 11.7 Å². The number of nitrogens with two attached hydrogens (primary N) is 1. The molecule has 21 heavy (non-hydrogen) atoms. The Bertz CT molecular complexity index is 478. The van der Waals surface area contributed by atoms with Crippen molar-refractivity contribution in [1.82, 2.24) is 0 Å². The molecule has 0 bridgehead atoms. The molecule has 0 heterocycles. The molecule has 0 aromatic heterocycles. The minimum atomic E-state index is -0.523. The molecule has 0 radical (unpaired) electrons. The van der Waals surface area contributed by atoms with Gasteiger partial charge in [-0.2, -0.15) is 0 Å². The normalized spacial score (nSPS) is 16.6. The first-order valence-electron chi connectivity index (χ1n) is 6.98. The topological polar surface area (TPSA) is 78.6 Å². The van der Waals surface area contributed by atoms with Gasteiger partial charge in [0.25, 0.3) is 0 Å². The summed E-state index contributed by atoms with van der Waals surface area (Å²) in [5.41, 5.74) is 6.59. The Kier molecular flexibility index (Phi) is 6.58. The van der Waals surface area contributed by atoms with Gasteiger partial charge >= 0.3 is 11.9 Å². The fourth-order valence-electron chi connectivity index (χ4n) is 2.48. The number of carbonyl (C=O) groups is 2. The lowest BCUT2D eigenvalue weighted by molar-refractivity contribution is -0.156. The number of hydrogen-bond acceptors (Lipinski definition) is 5. The van der Waals surface area contributed by atoms with Crippen molar-refractivity contribution in [3.8, 4) is 0 Å². The molecular weight excluding hydrogens is 286 g/mol. The first-order chi connectivity index (χ1) is 9.82. The van der Waals surface area contributed by atoms with Crippen molar-refractivity contribution >= 4 is 22.2 Å². The second-order valence-corrected chi connectivity index (χ2v) is 6.33. The van der Waals surface area contributed by atoms with E-state index in [0.29, 0.717) is 10.2 Å². The van der Waals surface area contributed by atoms with Gasteiger partial charge in [0.2, 0.25) is 0 Å². The van der Waals surface area contributed by atoms with Gasteiger partial charge in [0, 0.05) is 25.8 Å². The maximum absolute atomic E-state index is 11.4. The molecule has 0 spiro atoms. The van der Waals surface area contributed by atoms with E-state index in [1.165, 1.54) is 13.8 Å². The summed E-state index contributed by atoms with van der Waals surface area (Å²) in [6.45, 7) is 4.56. The predicted octanol–water partition coefficient (Wildman–Crippen LogP) is 0.509. The first kappa shape index (κ1) is 17.4. The highest BCUT2D eigenvalue weighted by Crippen LogP contribution is 2.31. The second-order valence-electron chi connectivity index (χ2n) is 5.19. The maximum Gasteiger partial charge on any atom is 0.303 e. The van der Waals surface area contributed by atoms with Crippen LogP contribution in [0.25, 0.3) is 0 Å². The summed E-state index contributed by atoms with van der Waals surface area (Å²) in [5.74, 6) is -1.01. The van der Waals surface area contributed by atoms with E-state index in [-0.39, 0.29) is 29.6 Å². The van der Waals surface area contributed by atoms with Crippen LogP contribution in [0.1, 0.15) is 32.4 Å².